The lowest BCUT2D eigenvalue weighted by molar-refractivity contribution is -0.128. The molecule has 0 radical (unpaired) electrons. The lowest BCUT2D eigenvalue weighted by atomic mass is 10.2. The Morgan fingerprint density at radius 1 is 1.62 bits per heavy atom. The van der Waals surface area contributed by atoms with E-state index in [1.165, 1.54) is 4.90 Å². The van der Waals surface area contributed by atoms with Crippen molar-refractivity contribution in [3.63, 3.8) is 0 Å². The van der Waals surface area contributed by atoms with Crippen LogP contribution in [0.4, 0.5) is 4.79 Å². The van der Waals surface area contributed by atoms with Crippen LogP contribution in [-0.4, -0.2) is 35.5 Å². The third-order valence-electron chi connectivity index (χ3n) is 2.24. The summed E-state index contributed by atoms with van der Waals surface area (Å²) in [5, 5.41) is 2.60. The predicted octanol–water partition coefficient (Wildman–Crippen LogP) is -0.336. The topological polar surface area (TPSA) is 75.4 Å². The van der Waals surface area contributed by atoms with Gasteiger partial charge in [-0.05, 0) is 13.3 Å². The molecule has 74 valence electrons. The molecule has 0 spiro atoms. The van der Waals surface area contributed by atoms with Gasteiger partial charge in [-0.15, -0.1) is 0 Å². The minimum Gasteiger partial charge on any atom is -0.328 e. The lowest BCUT2D eigenvalue weighted by Crippen LogP contribution is -2.43. The fourth-order valence-corrected chi connectivity index (χ4v) is 1.35. The minimum atomic E-state index is -0.360. The van der Waals surface area contributed by atoms with Crippen molar-refractivity contribution in [1.29, 1.82) is 0 Å². The molecule has 1 heterocycles. The Morgan fingerprint density at radius 3 is 2.62 bits per heavy atom. The summed E-state index contributed by atoms with van der Waals surface area (Å²) in [6.45, 7) is 3.92. The quantitative estimate of drug-likeness (QED) is 0.591. The van der Waals surface area contributed by atoms with E-state index in [-0.39, 0.29) is 24.0 Å². The summed E-state index contributed by atoms with van der Waals surface area (Å²) in [4.78, 5) is 24.0. The highest BCUT2D eigenvalue weighted by Gasteiger charge is 2.38. The first kappa shape index (κ1) is 9.98. The molecule has 1 saturated heterocycles. The lowest BCUT2D eigenvalue weighted by Gasteiger charge is -2.19. The molecule has 0 aromatic rings. The molecule has 0 bridgehead atoms. The van der Waals surface area contributed by atoms with Crippen molar-refractivity contribution in [2.24, 2.45) is 5.73 Å². The Kier molecular flexibility index (Phi) is 2.87. The van der Waals surface area contributed by atoms with Crippen LogP contribution in [0.5, 0.6) is 0 Å². The normalized spacial score (nSPS) is 24.8. The van der Waals surface area contributed by atoms with E-state index in [1.807, 2.05) is 6.92 Å². The molecule has 1 fully saturated rings. The number of urea groups is 1. The second kappa shape index (κ2) is 3.74. The van der Waals surface area contributed by atoms with Gasteiger partial charge < -0.3 is 11.1 Å². The minimum absolute atomic E-state index is 0.162. The zero-order chi connectivity index (χ0) is 10.0. The Hall–Kier alpha value is -1.10. The van der Waals surface area contributed by atoms with Gasteiger partial charge in [0.05, 0.1) is 6.04 Å². The molecule has 13 heavy (non-hydrogen) atoms. The van der Waals surface area contributed by atoms with Crippen LogP contribution in [0.25, 0.3) is 0 Å². The first-order chi connectivity index (χ1) is 6.11. The van der Waals surface area contributed by atoms with Crippen molar-refractivity contribution in [3.8, 4) is 0 Å². The molecular weight excluding hydrogens is 170 g/mol. The van der Waals surface area contributed by atoms with E-state index in [9.17, 15) is 9.59 Å². The highest BCUT2D eigenvalue weighted by Crippen LogP contribution is 2.11. The summed E-state index contributed by atoms with van der Waals surface area (Å²) >= 11 is 0. The second-order valence-electron chi connectivity index (χ2n) is 3.20. The zero-order valence-corrected chi connectivity index (χ0v) is 7.91. The fraction of sp³-hybridized carbons (Fsp3) is 0.750. The van der Waals surface area contributed by atoms with Crippen LogP contribution in [0.3, 0.4) is 0 Å². The molecular formula is C8H15N3O2. The molecule has 3 N–H and O–H groups in total. The number of carbonyl (C=O) groups is 2. The van der Waals surface area contributed by atoms with Crippen molar-refractivity contribution in [2.45, 2.75) is 32.4 Å². The van der Waals surface area contributed by atoms with Gasteiger partial charge in [-0.1, -0.05) is 6.92 Å². The first-order valence-electron chi connectivity index (χ1n) is 4.45. The Labute approximate surface area is 77.3 Å². The van der Waals surface area contributed by atoms with Crippen LogP contribution in [-0.2, 0) is 4.79 Å². The summed E-state index contributed by atoms with van der Waals surface area (Å²) < 4.78 is 0. The second-order valence-corrected chi connectivity index (χ2v) is 3.20. The van der Waals surface area contributed by atoms with Crippen LogP contribution < -0.4 is 11.1 Å². The average Bonchev–Trinajstić information content (AvgIpc) is 2.40. The van der Waals surface area contributed by atoms with Crippen LogP contribution in [0.2, 0.25) is 0 Å². The van der Waals surface area contributed by atoms with Gasteiger partial charge in [0, 0.05) is 6.54 Å². The standard InChI is InChI=1S/C8H15N3O2/c1-3-6-7(12)11(5(2)4-9)8(13)10-6/h5-6H,3-4,9H2,1-2H3,(H,10,13). The van der Waals surface area contributed by atoms with E-state index in [0.29, 0.717) is 13.0 Å². The van der Waals surface area contributed by atoms with Gasteiger partial charge in [0.2, 0.25) is 0 Å². The molecule has 2 unspecified atom stereocenters. The summed E-state index contributed by atoms with van der Waals surface area (Å²) in [5.41, 5.74) is 5.39. The number of imide groups is 1. The van der Waals surface area contributed by atoms with Gasteiger partial charge in [-0.2, -0.15) is 0 Å². The molecule has 0 saturated carbocycles. The Morgan fingerprint density at radius 2 is 2.23 bits per heavy atom. The molecule has 3 amide bonds. The van der Waals surface area contributed by atoms with Crippen LogP contribution in [0, 0.1) is 0 Å². The van der Waals surface area contributed by atoms with Gasteiger partial charge >= 0.3 is 6.03 Å². The molecule has 5 nitrogen and oxygen atoms in total. The predicted molar refractivity (Wildman–Crippen MR) is 48.0 cm³/mol. The maximum absolute atomic E-state index is 11.5. The number of amides is 3. The molecule has 1 rings (SSSR count). The smallest absolute Gasteiger partial charge is 0.325 e. The van der Waals surface area contributed by atoms with Gasteiger partial charge in [-0.3, -0.25) is 9.69 Å². The number of hydrogen-bond acceptors (Lipinski definition) is 3. The number of nitrogens with zero attached hydrogens (tertiary/aromatic N) is 1. The van der Waals surface area contributed by atoms with Crippen LogP contribution in [0.15, 0.2) is 0 Å². The fourth-order valence-electron chi connectivity index (χ4n) is 1.35. The van der Waals surface area contributed by atoms with Gasteiger partial charge in [0.1, 0.15) is 6.04 Å². The molecule has 0 aromatic heterocycles. The van der Waals surface area contributed by atoms with Crippen molar-refractivity contribution >= 4 is 11.9 Å². The van der Waals surface area contributed by atoms with Crippen molar-refractivity contribution < 1.29 is 9.59 Å². The van der Waals surface area contributed by atoms with E-state index < -0.39 is 0 Å². The van der Waals surface area contributed by atoms with E-state index in [4.69, 9.17) is 5.73 Å². The van der Waals surface area contributed by atoms with Crippen molar-refractivity contribution in [3.05, 3.63) is 0 Å². The summed E-state index contributed by atoms with van der Waals surface area (Å²) in [6.07, 6.45) is 0.623. The van der Waals surface area contributed by atoms with E-state index in [2.05, 4.69) is 5.32 Å². The highest BCUT2D eigenvalue weighted by atomic mass is 16.2. The van der Waals surface area contributed by atoms with Gasteiger partial charge in [0.25, 0.3) is 5.91 Å². The monoisotopic (exact) mass is 185 g/mol. The number of carbonyl (C=O) groups excluding carboxylic acids is 2. The maximum Gasteiger partial charge on any atom is 0.325 e. The summed E-state index contributed by atoms with van der Waals surface area (Å²) in [5.74, 6) is -0.162. The van der Waals surface area contributed by atoms with E-state index >= 15 is 0 Å². The highest BCUT2D eigenvalue weighted by molar-refractivity contribution is 6.04. The molecule has 5 heteroatoms. The van der Waals surface area contributed by atoms with Crippen LogP contribution in [0.1, 0.15) is 20.3 Å². The summed E-state index contributed by atoms with van der Waals surface area (Å²) in [6, 6.07) is -0.902. The van der Waals surface area contributed by atoms with E-state index in [0.717, 1.165) is 0 Å². The van der Waals surface area contributed by atoms with Gasteiger partial charge in [-0.25, -0.2) is 4.79 Å². The van der Waals surface area contributed by atoms with Crippen molar-refractivity contribution in [1.82, 2.24) is 10.2 Å². The number of hydrogen-bond donors (Lipinski definition) is 2. The summed E-state index contributed by atoms with van der Waals surface area (Å²) in [7, 11) is 0. The number of nitrogens with two attached hydrogens (primary N) is 1. The maximum atomic E-state index is 11.5. The number of nitrogens with one attached hydrogen (secondary N) is 1. The van der Waals surface area contributed by atoms with E-state index in [1.54, 1.807) is 6.92 Å². The first-order valence-corrected chi connectivity index (χ1v) is 4.45. The molecule has 2 atom stereocenters. The largest absolute Gasteiger partial charge is 0.328 e. The molecule has 1 aliphatic heterocycles. The molecule has 1 aliphatic rings. The SMILES string of the molecule is CCC1NC(=O)N(C(C)CN)C1=O. The third kappa shape index (κ3) is 1.65. The Balaban J connectivity index is 2.75. The van der Waals surface area contributed by atoms with Crippen LogP contribution >= 0.6 is 0 Å². The molecule has 0 aliphatic carbocycles. The third-order valence-corrected chi connectivity index (χ3v) is 2.24. The molecule has 0 aromatic carbocycles. The van der Waals surface area contributed by atoms with Crippen molar-refractivity contribution in [2.75, 3.05) is 6.54 Å². The zero-order valence-electron chi connectivity index (χ0n) is 7.91. The average molecular weight is 185 g/mol. The number of rotatable bonds is 3. The Bertz CT molecular complexity index is 229. The van der Waals surface area contributed by atoms with Gasteiger partial charge in [0.15, 0.2) is 0 Å².